The predicted octanol–water partition coefficient (Wildman–Crippen LogP) is 4.99. The van der Waals surface area contributed by atoms with E-state index in [-0.39, 0.29) is 38.5 Å². The van der Waals surface area contributed by atoms with E-state index in [9.17, 15) is 22.3 Å². The fraction of sp³-hybridized carbons (Fsp3) is 0.0455. The number of ether oxygens (including phenoxy) is 1. The number of aliphatic hydroxyl groups excluding tert-OH is 1. The van der Waals surface area contributed by atoms with E-state index >= 15 is 0 Å². The Labute approximate surface area is 176 Å². The zero-order valence-corrected chi connectivity index (χ0v) is 16.6. The summed E-state index contributed by atoms with van der Waals surface area (Å²) >= 11 is 0. The molecule has 3 aromatic carbocycles. The summed E-state index contributed by atoms with van der Waals surface area (Å²) in [6.45, 7) is 6.33. The van der Waals surface area contributed by atoms with Crippen LogP contribution in [0.3, 0.4) is 0 Å². The van der Waals surface area contributed by atoms with Gasteiger partial charge >= 0.3 is 0 Å². The first-order valence-electron chi connectivity index (χ1n) is 8.95. The van der Waals surface area contributed by atoms with Crippen molar-refractivity contribution < 1.29 is 27.0 Å². The second-order valence-electron chi connectivity index (χ2n) is 6.51. The molecule has 0 aliphatic heterocycles. The highest BCUT2D eigenvalue weighted by atomic mass is 32.2. The molecule has 0 fully saturated rings. The Morgan fingerprint density at radius 1 is 1.03 bits per heavy atom. The number of aliphatic hydroxyl groups is 1. The van der Waals surface area contributed by atoms with Crippen LogP contribution < -0.4 is 4.74 Å². The molecule has 31 heavy (non-hydrogen) atoms. The molecule has 4 rings (SSSR count). The number of fused-ring (bicyclic) bond motifs is 1. The van der Waals surface area contributed by atoms with Crippen molar-refractivity contribution in [2.75, 3.05) is 0 Å². The van der Waals surface area contributed by atoms with E-state index in [0.29, 0.717) is 0 Å². The van der Waals surface area contributed by atoms with Gasteiger partial charge in [-0.3, -0.25) is 0 Å². The summed E-state index contributed by atoms with van der Waals surface area (Å²) in [5, 5.41) is 10.1. The number of benzene rings is 3. The minimum atomic E-state index is -4.00. The standard InChI is InChI=1S/C22H14F2N2O4S/c1-25-20-11-14(7-8-18(20)23)30-22-17(13-27)16-9-10-26(21(16)12-19(22)24)31(28,29)15-5-3-2-4-6-15/h2-12,27H,13H2. The topological polar surface area (TPSA) is 72.9 Å². The summed E-state index contributed by atoms with van der Waals surface area (Å²) in [6, 6.07) is 13.4. The molecule has 0 amide bonds. The van der Waals surface area contributed by atoms with Gasteiger partial charge in [-0.25, -0.2) is 26.0 Å². The van der Waals surface area contributed by atoms with Crippen LogP contribution in [0.2, 0.25) is 0 Å². The van der Waals surface area contributed by atoms with E-state index in [1.165, 1.54) is 30.5 Å². The molecule has 4 aromatic rings. The van der Waals surface area contributed by atoms with Crippen molar-refractivity contribution in [2.45, 2.75) is 11.5 Å². The number of hydrogen-bond acceptors (Lipinski definition) is 4. The van der Waals surface area contributed by atoms with Crippen molar-refractivity contribution in [2.24, 2.45) is 0 Å². The van der Waals surface area contributed by atoms with Gasteiger partial charge < -0.3 is 9.84 Å². The second-order valence-corrected chi connectivity index (χ2v) is 8.33. The molecule has 0 atom stereocenters. The van der Waals surface area contributed by atoms with E-state index in [4.69, 9.17) is 11.3 Å². The average molecular weight is 440 g/mol. The fourth-order valence-corrected chi connectivity index (χ4v) is 4.58. The summed E-state index contributed by atoms with van der Waals surface area (Å²) in [7, 11) is -4.00. The second kappa shape index (κ2) is 7.83. The molecule has 0 saturated heterocycles. The summed E-state index contributed by atoms with van der Waals surface area (Å²) in [5.41, 5.74) is -0.256. The van der Waals surface area contributed by atoms with Crippen molar-refractivity contribution in [3.63, 3.8) is 0 Å². The van der Waals surface area contributed by atoms with Crippen LogP contribution in [0.4, 0.5) is 14.5 Å². The number of rotatable bonds is 5. The number of nitrogens with zero attached hydrogens (tertiary/aromatic N) is 2. The fourth-order valence-electron chi connectivity index (χ4n) is 3.22. The Morgan fingerprint density at radius 3 is 2.45 bits per heavy atom. The molecule has 0 bridgehead atoms. The van der Waals surface area contributed by atoms with Gasteiger partial charge in [0.15, 0.2) is 11.6 Å². The van der Waals surface area contributed by atoms with Crippen LogP contribution in [0.15, 0.2) is 71.8 Å². The van der Waals surface area contributed by atoms with Crippen LogP contribution in [0.5, 0.6) is 11.5 Å². The van der Waals surface area contributed by atoms with Gasteiger partial charge in [0.25, 0.3) is 10.0 Å². The lowest BCUT2D eigenvalue weighted by molar-refractivity contribution is 0.276. The minimum absolute atomic E-state index is 0.00307. The number of halogens is 2. The summed E-state index contributed by atoms with van der Waals surface area (Å²) in [5.74, 6) is -2.01. The van der Waals surface area contributed by atoms with Crippen LogP contribution in [0.25, 0.3) is 15.7 Å². The lowest BCUT2D eigenvalue weighted by Crippen LogP contribution is -2.12. The van der Waals surface area contributed by atoms with Crippen LogP contribution in [-0.2, 0) is 16.6 Å². The molecule has 0 unspecified atom stereocenters. The third-order valence-corrected chi connectivity index (χ3v) is 6.39. The molecule has 0 aliphatic rings. The van der Waals surface area contributed by atoms with Crippen molar-refractivity contribution in [1.29, 1.82) is 0 Å². The minimum Gasteiger partial charge on any atom is -0.455 e. The molecule has 0 saturated carbocycles. The van der Waals surface area contributed by atoms with E-state index in [1.54, 1.807) is 18.2 Å². The van der Waals surface area contributed by atoms with Crippen molar-refractivity contribution in [3.8, 4) is 11.5 Å². The lowest BCUT2D eigenvalue weighted by atomic mass is 10.1. The summed E-state index contributed by atoms with van der Waals surface area (Å²) in [6.07, 6.45) is 1.27. The van der Waals surface area contributed by atoms with E-state index < -0.39 is 28.3 Å². The highest BCUT2D eigenvalue weighted by Crippen LogP contribution is 2.37. The molecule has 156 valence electrons. The summed E-state index contributed by atoms with van der Waals surface area (Å²) < 4.78 is 60.9. The first-order valence-corrected chi connectivity index (χ1v) is 10.4. The normalized spacial score (nSPS) is 11.4. The Balaban J connectivity index is 1.86. The molecule has 1 aromatic heterocycles. The Kier molecular flexibility index (Phi) is 5.19. The highest BCUT2D eigenvalue weighted by Gasteiger charge is 2.23. The molecule has 1 heterocycles. The van der Waals surface area contributed by atoms with Crippen LogP contribution in [0.1, 0.15) is 5.56 Å². The molecular weight excluding hydrogens is 426 g/mol. The first kappa shape index (κ1) is 20.5. The van der Waals surface area contributed by atoms with Gasteiger partial charge in [0.1, 0.15) is 11.6 Å². The zero-order valence-electron chi connectivity index (χ0n) is 15.8. The maximum atomic E-state index is 15.0. The lowest BCUT2D eigenvalue weighted by Gasteiger charge is -2.14. The average Bonchev–Trinajstić information content (AvgIpc) is 3.20. The molecular formula is C22H14F2N2O4S. The van der Waals surface area contributed by atoms with E-state index in [0.717, 1.165) is 22.2 Å². The van der Waals surface area contributed by atoms with Gasteiger partial charge in [0.05, 0.1) is 23.6 Å². The third kappa shape index (κ3) is 3.52. The van der Waals surface area contributed by atoms with Crippen molar-refractivity contribution in [1.82, 2.24) is 3.97 Å². The van der Waals surface area contributed by atoms with Gasteiger partial charge in [-0.15, -0.1) is 0 Å². The predicted molar refractivity (Wildman–Crippen MR) is 110 cm³/mol. The van der Waals surface area contributed by atoms with E-state index in [1.807, 2.05) is 0 Å². The van der Waals surface area contributed by atoms with Gasteiger partial charge in [0, 0.05) is 23.2 Å². The summed E-state index contributed by atoms with van der Waals surface area (Å²) in [4.78, 5) is 3.05. The number of aromatic nitrogens is 1. The van der Waals surface area contributed by atoms with Gasteiger partial charge in [-0.2, -0.15) is 0 Å². The molecule has 0 aliphatic carbocycles. The smallest absolute Gasteiger partial charge is 0.268 e. The van der Waals surface area contributed by atoms with Crippen LogP contribution in [-0.4, -0.2) is 17.5 Å². The Bertz CT molecular complexity index is 1440. The monoisotopic (exact) mass is 440 g/mol. The Morgan fingerprint density at radius 2 is 1.77 bits per heavy atom. The maximum Gasteiger partial charge on any atom is 0.268 e. The molecule has 1 N–H and O–H groups in total. The van der Waals surface area contributed by atoms with Gasteiger partial charge in [0.2, 0.25) is 5.69 Å². The quantitative estimate of drug-likeness (QED) is 0.444. The Hall–Kier alpha value is -3.74. The molecule has 6 nitrogen and oxygen atoms in total. The maximum absolute atomic E-state index is 15.0. The van der Waals surface area contributed by atoms with Gasteiger partial charge in [-0.05, 0) is 36.4 Å². The number of hydrogen-bond donors (Lipinski definition) is 1. The first-order chi connectivity index (χ1) is 14.9. The third-order valence-electron chi connectivity index (χ3n) is 4.69. The van der Waals surface area contributed by atoms with E-state index in [2.05, 4.69) is 4.85 Å². The molecule has 0 radical (unpaired) electrons. The van der Waals surface area contributed by atoms with Crippen molar-refractivity contribution in [3.05, 3.63) is 95.5 Å². The zero-order chi connectivity index (χ0) is 22.2. The van der Waals surface area contributed by atoms with Crippen molar-refractivity contribution >= 4 is 26.6 Å². The largest absolute Gasteiger partial charge is 0.455 e. The van der Waals surface area contributed by atoms with Crippen LogP contribution in [0, 0.1) is 18.2 Å². The SMILES string of the molecule is [C-]#[N+]c1cc(Oc2c(F)cc3c(ccn3S(=O)(=O)c3ccccc3)c2CO)ccc1F. The van der Waals surface area contributed by atoms with Crippen LogP contribution >= 0.6 is 0 Å². The molecule has 9 heteroatoms. The van der Waals surface area contributed by atoms with Gasteiger partial charge in [-0.1, -0.05) is 18.2 Å². The highest BCUT2D eigenvalue weighted by molar-refractivity contribution is 7.90. The molecule has 0 spiro atoms.